The van der Waals surface area contributed by atoms with Crippen LogP contribution in [-0.4, -0.2) is 8.42 Å². The van der Waals surface area contributed by atoms with Gasteiger partial charge in [0.2, 0.25) is 0 Å². The number of aryl methyl sites for hydroxylation is 1. The topological polar surface area (TPSA) is 46.2 Å². The van der Waals surface area contributed by atoms with Gasteiger partial charge in [-0.1, -0.05) is 36.4 Å². The Morgan fingerprint density at radius 3 is 2.30 bits per heavy atom. The van der Waals surface area contributed by atoms with Crippen LogP contribution >= 0.6 is 11.6 Å². The molecular formula is C15H16ClNO2S. The number of alkyl halides is 1. The molecule has 0 saturated carbocycles. The molecule has 0 amide bonds. The number of rotatable bonds is 4. The number of sulfonamides is 1. The van der Waals surface area contributed by atoms with Gasteiger partial charge in [-0.05, 0) is 37.1 Å². The zero-order valence-corrected chi connectivity index (χ0v) is 12.9. The number of hydrogen-bond acceptors (Lipinski definition) is 2. The van der Waals surface area contributed by atoms with Crippen LogP contribution < -0.4 is 4.72 Å². The Labute approximate surface area is 124 Å². The highest BCUT2D eigenvalue weighted by Gasteiger charge is 2.18. The quantitative estimate of drug-likeness (QED) is 0.864. The van der Waals surface area contributed by atoms with E-state index in [0.29, 0.717) is 11.3 Å². The van der Waals surface area contributed by atoms with E-state index in [9.17, 15) is 8.42 Å². The van der Waals surface area contributed by atoms with Crippen LogP contribution in [0.15, 0.2) is 53.4 Å². The van der Waals surface area contributed by atoms with Crippen LogP contribution in [0.25, 0.3) is 0 Å². The van der Waals surface area contributed by atoms with Crippen LogP contribution in [0.3, 0.4) is 0 Å². The molecule has 0 aliphatic heterocycles. The number of nitrogens with one attached hydrogen (secondary N) is 1. The molecular weight excluding hydrogens is 294 g/mol. The maximum Gasteiger partial charge on any atom is 0.262 e. The van der Waals surface area contributed by atoms with Gasteiger partial charge in [-0.3, -0.25) is 4.72 Å². The first kappa shape index (κ1) is 14.9. The van der Waals surface area contributed by atoms with Crippen LogP contribution in [0.2, 0.25) is 0 Å². The molecule has 3 nitrogen and oxygen atoms in total. The third kappa shape index (κ3) is 3.14. The standard InChI is InChI=1S/C15H16ClNO2S/c1-11-7-3-6-10-15(11)20(18,19)17-14-9-5-4-8-13(14)12(2)16/h3-10,12,17H,1-2H3. The van der Waals surface area contributed by atoms with Crippen molar-refractivity contribution in [1.29, 1.82) is 0 Å². The molecule has 0 radical (unpaired) electrons. The van der Waals surface area contributed by atoms with E-state index in [0.717, 1.165) is 5.56 Å². The van der Waals surface area contributed by atoms with Crippen molar-refractivity contribution >= 4 is 27.3 Å². The van der Waals surface area contributed by atoms with E-state index < -0.39 is 10.0 Å². The molecule has 1 N–H and O–H groups in total. The van der Waals surface area contributed by atoms with E-state index >= 15 is 0 Å². The molecule has 2 aromatic rings. The first-order valence-electron chi connectivity index (χ1n) is 6.23. The van der Waals surface area contributed by atoms with Gasteiger partial charge in [-0.25, -0.2) is 8.42 Å². The SMILES string of the molecule is Cc1ccccc1S(=O)(=O)Nc1ccccc1C(C)Cl. The van der Waals surface area contributed by atoms with E-state index in [1.165, 1.54) is 0 Å². The summed E-state index contributed by atoms with van der Waals surface area (Å²) in [6, 6.07) is 14.0. The highest BCUT2D eigenvalue weighted by atomic mass is 35.5. The van der Waals surface area contributed by atoms with Gasteiger partial charge in [0.1, 0.15) is 0 Å². The lowest BCUT2D eigenvalue weighted by Gasteiger charge is -2.14. The van der Waals surface area contributed by atoms with Crippen LogP contribution in [-0.2, 0) is 10.0 Å². The number of anilines is 1. The second-order valence-electron chi connectivity index (χ2n) is 4.57. The van der Waals surface area contributed by atoms with Crippen molar-refractivity contribution < 1.29 is 8.42 Å². The molecule has 106 valence electrons. The number of halogens is 1. The smallest absolute Gasteiger partial charge is 0.262 e. The van der Waals surface area contributed by atoms with Gasteiger partial charge < -0.3 is 0 Å². The summed E-state index contributed by atoms with van der Waals surface area (Å²) in [5, 5.41) is -0.272. The summed E-state index contributed by atoms with van der Waals surface area (Å²) in [4.78, 5) is 0.275. The van der Waals surface area contributed by atoms with Crippen molar-refractivity contribution in [2.75, 3.05) is 4.72 Å². The number of para-hydroxylation sites is 1. The summed E-state index contributed by atoms with van der Waals surface area (Å²) in [5.41, 5.74) is 1.97. The molecule has 0 saturated heterocycles. The van der Waals surface area contributed by atoms with Gasteiger partial charge in [0, 0.05) is 0 Å². The van der Waals surface area contributed by atoms with Gasteiger partial charge in [-0.2, -0.15) is 0 Å². The highest BCUT2D eigenvalue weighted by Crippen LogP contribution is 2.29. The number of benzene rings is 2. The van der Waals surface area contributed by atoms with Crippen LogP contribution in [0.4, 0.5) is 5.69 Å². The number of hydrogen-bond donors (Lipinski definition) is 1. The summed E-state index contributed by atoms with van der Waals surface area (Å²) >= 11 is 6.08. The zero-order chi connectivity index (χ0) is 14.8. The minimum atomic E-state index is -3.61. The Morgan fingerprint density at radius 1 is 1.05 bits per heavy atom. The monoisotopic (exact) mass is 309 g/mol. The van der Waals surface area contributed by atoms with Gasteiger partial charge in [0.05, 0.1) is 16.0 Å². The molecule has 0 heterocycles. The first-order chi connectivity index (χ1) is 9.42. The predicted molar refractivity (Wildman–Crippen MR) is 82.7 cm³/mol. The summed E-state index contributed by atoms with van der Waals surface area (Å²) in [6.07, 6.45) is 0. The predicted octanol–water partition coefficient (Wildman–Crippen LogP) is 4.10. The molecule has 0 spiro atoms. The lowest BCUT2D eigenvalue weighted by atomic mass is 10.1. The van der Waals surface area contributed by atoms with Crippen LogP contribution in [0, 0.1) is 6.92 Å². The molecule has 1 atom stereocenters. The minimum Gasteiger partial charge on any atom is -0.279 e. The fourth-order valence-electron chi connectivity index (χ4n) is 1.99. The summed E-state index contributed by atoms with van der Waals surface area (Å²) < 4.78 is 27.5. The normalized spacial score (nSPS) is 12.9. The van der Waals surface area contributed by atoms with Gasteiger partial charge in [0.15, 0.2) is 0 Å². The van der Waals surface area contributed by atoms with E-state index in [1.54, 1.807) is 37.3 Å². The minimum absolute atomic E-state index is 0.272. The summed E-state index contributed by atoms with van der Waals surface area (Å²) in [7, 11) is -3.61. The molecule has 0 aliphatic carbocycles. The molecule has 0 aliphatic rings. The molecule has 1 unspecified atom stereocenters. The molecule has 20 heavy (non-hydrogen) atoms. The van der Waals surface area contributed by atoms with Crippen molar-refractivity contribution in [2.45, 2.75) is 24.1 Å². The van der Waals surface area contributed by atoms with Gasteiger partial charge in [-0.15, -0.1) is 11.6 Å². The third-order valence-corrected chi connectivity index (χ3v) is 4.78. The molecule has 5 heteroatoms. The Hall–Kier alpha value is -1.52. The van der Waals surface area contributed by atoms with E-state index in [-0.39, 0.29) is 10.3 Å². The summed E-state index contributed by atoms with van der Waals surface area (Å²) in [5.74, 6) is 0. The third-order valence-electron chi connectivity index (χ3n) is 3.02. The molecule has 0 aromatic heterocycles. The highest BCUT2D eigenvalue weighted by molar-refractivity contribution is 7.92. The molecule has 2 rings (SSSR count). The Balaban J connectivity index is 2.42. The zero-order valence-electron chi connectivity index (χ0n) is 11.3. The second-order valence-corrected chi connectivity index (χ2v) is 6.88. The average molecular weight is 310 g/mol. The van der Waals surface area contributed by atoms with E-state index in [1.807, 2.05) is 25.1 Å². The second kappa shape index (κ2) is 5.85. The Kier molecular flexibility index (Phi) is 4.35. The lowest BCUT2D eigenvalue weighted by molar-refractivity contribution is 0.600. The van der Waals surface area contributed by atoms with Crippen molar-refractivity contribution in [3.8, 4) is 0 Å². The Morgan fingerprint density at radius 2 is 1.65 bits per heavy atom. The van der Waals surface area contributed by atoms with Crippen molar-refractivity contribution in [2.24, 2.45) is 0 Å². The van der Waals surface area contributed by atoms with Crippen LogP contribution in [0.1, 0.15) is 23.4 Å². The maximum atomic E-state index is 12.4. The van der Waals surface area contributed by atoms with E-state index in [2.05, 4.69) is 4.72 Å². The molecule has 2 aromatic carbocycles. The fourth-order valence-corrected chi connectivity index (χ4v) is 3.52. The Bertz CT molecular complexity index is 711. The fraction of sp³-hybridized carbons (Fsp3) is 0.200. The molecule has 0 fully saturated rings. The largest absolute Gasteiger partial charge is 0.279 e. The lowest BCUT2D eigenvalue weighted by Crippen LogP contribution is -2.15. The van der Waals surface area contributed by atoms with Crippen molar-refractivity contribution in [1.82, 2.24) is 0 Å². The first-order valence-corrected chi connectivity index (χ1v) is 8.15. The molecule has 0 bridgehead atoms. The van der Waals surface area contributed by atoms with Crippen LogP contribution in [0.5, 0.6) is 0 Å². The van der Waals surface area contributed by atoms with E-state index in [4.69, 9.17) is 11.6 Å². The van der Waals surface area contributed by atoms with Gasteiger partial charge in [0.25, 0.3) is 10.0 Å². The van der Waals surface area contributed by atoms with Crippen molar-refractivity contribution in [3.63, 3.8) is 0 Å². The van der Waals surface area contributed by atoms with Crippen molar-refractivity contribution in [3.05, 3.63) is 59.7 Å². The summed E-state index contributed by atoms with van der Waals surface area (Å²) in [6.45, 7) is 3.58. The van der Waals surface area contributed by atoms with Gasteiger partial charge >= 0.3 is 0 Å². The maximum absolute atomic E-state index is 12.4. The average Bonchev–Trinajstić information content (AvgIpc) is 2.39.